The first kappa shape index (κ1) is 17.5. The van der Waals surface area contributed by atoms with Crippen LogP contribution in [0, 0.1) is 0 Å². The van der Waals surface area contributed by atoms with E-state index in [2.05, 4.69) is 15.1 Å². The van der Waals surface area contributed by atoms with Crippen molar-refractivity contribution in [3.05, 3.63) is 59.5 Å². The number of hydrogen-bond acceptors (Lipinski definition) is 6. The number of anilines is 1. The Hall–Kier alpha value is -2.93. The monoisotopic (exact) mass is 380 g/mol. The molecule has 0 aliphatic carbocycles. The maximum Gasteiger partial charge on any atom is 0.254 e. The van der Waals surface area contributed by atoms with Gasteiger partial charge in [-0.2, -0.15) is 0 Å². The molecule has 0 bridgehead atoms. The Morgan fingerprint density at radius 2 is 1.89 bits per heavy atom. The molecule has 1 aliphatic rings. The van der Waals surface area contributed by atoms with Gasteiger partial charge in [-0.1, -0.05) is 12.1 Å². The number of piperazine rings is 1. The summed E-state index contributed by atoms with van der Waals surface area (Å²) in [7, 11) is 1.60. The van der Waals surface area contributed by atoms with Crippen LogP contribution in [0.1, 0.15) is 10.4 Å². The number of carbonyl (C=O) groups excluding carboxylic acids is 1. The molecule has 0 radical (unpaired) electrons. The van der Waals surface area contributed by atoms with Crippen LogP contribution < -0.4 is 9.64 Å². The maximum atomic E-state index is 12.7. The number of nitrogens with zero attached hydrogens (tertiary/aromatic N) is 4. The van der Waals surface area contributed by atoms with Gasteiger partial charge in [-0.25, -0.2) is 0 Å². The molecule has 0 saturated carbocycles. The number of carbonyl (C=O) groups is 1. The molecule has 0 unspecified atom stereocenters. The summed E-state index contributed by atoms with van der Waals surface area (Å²) in [6, 6.07) is 15.3. The predicted octanol–water partition coefficient (Wildman–Crippen LogP) is 3.18. The fraction of sp³-hybridized carbons (Fsp3) is 0.250. The van der Waals surface area contributed by atoms with E-state index in [0.717, 1.165) is 29.5 Å². The summed E-state index contributed by atoms with van der Waals surface area (Å²) in [5.41, 5.74) is 1.54. The van der Waals surface area contributed by atoms with Crippen LogP contribution in [0.25, 0.3) is 10.6 Å². The second kappa shape index (κ2) is 7.75. The summed E-state index contributed by atoms with van der Waals surface area (Å²) in [5.74, 6) is 1.58. The van der Waals surface area contributed by atoms with E-state index in [0.29, 0.717) is 24.4 Å². The van der Waals surface area contributed by atoms with Gasteiger partial charge in [-0.15, -0.1) is 21.5 Å². The number of ether oxygens (including phenoxy) is 1. The van der Waals surface area contributed by atoms with Crippen LogP contribution in [0.3, 0.4) is 0 Å². The minimum atomic E-state index is 0.0349. The summed E-state index contributed by atoms with van der Waals surface area (Å²) in [6.07, 6.45) is 0. The van der Waals surface area contributed by atoms with Gasteiger partial charge in [-0.05, 0) is 41.8 Å². The Bertz CT molecular complexity index is 904. The molecule has 1 amide bonds. The summed E-state index contributed by atoms with van der Waals surface area (Å²) in [4.78, 5) is 17.9. The molecule has 4 rings (SSSR count). The van der Waals surface area contributed by atoms with Crippen molar-refractivity contribution in [1.29, 1.82) is 0 Å². The normalized spacial score (nSPS) is 14.3. The number of hydrogen-bond donors (Lipinski definition) is 0. The van der Waals surface area contributed by atoms with E-state index in [9.17, 15) is 4.79 Å². The van der Waals surface area contributed by atoms with Crippen LogP contribution in [0.5, 0.6) is 5.75 Å². The van der Waals surface area contributed by atoms with E-state index in [-0.39, 0.29) is 5.91 Å². The van der Waals surface area contributed by atoms with Crippen molar-refractivity contribution in [3.63, 3.8) is 0 Å². The van der Waals surface area contributed by atoms with Crippen molar-refractivity contribution in [2.45, 2.75) is 0 Å². The van der Waals surface area contributed by atoms with Gasteiger partial charge in [0.25, 0.3) is 5.91 Å². The molecule has 6 nitrogen and oxygen atoms in total. The Morgan fingerprint density at radius 3 is 2.56 bits per heavy atom. The van der Waals surface area contributed by atoms with Crippen molar-refractivity contribution in [2.75, 3.05) is 38.2 Å². The zero-order chi connectivity index (χ0) is 18.6. The molecule has 7 heteroatoms. The molecule has 1 saturated heterocycles. The van der Waals surface area contributed by atoms with Crippen LogP contribution in [0.15, 0.2) is 53.9 Å². The third-order valence-electron chi connectivity index (χ3n) is 4.63. The molecule has 1 aliphatic heterocycles. The van der Waals surface area contributed by atoms with E-state index < -0.39 is 0 Å². The average molecular weight is 380 g/mol. The Balaban J connectivity index is 1.39. The highest BCUT2D eigenvalue weighted by Gasteiger charge is 2.23. The van der Waals surface area contributed by atoms with E-state index in [1.54, 1.807) is 24.5 Å². The minimum Gasteiger partial charge on any atom is -0.497 e. The fourth-order valence-electron chi connectivity index (χ4n) is 3.13. The van der Waals surface area contributed by atoms with Gasteiger partial charge in [0, 0.05) is 31.7 Å². The van der Waals surface area contributed by atoms with Crippen LogP contribution in [-0.2, 0) is 0 Å². The van der Waals surface area contributed by atoms with E-state index in [1.165, 1.54) is 0 Å². The standard InChI is InChI=1S/C20H20N4O2S/c1-26-16-5-2-4-15(14-16)20(25)24-11-9-23(10-12-24)19-8-7-17(21-22-19)18-6-3-13-27-18/h2-8,13-14H,9-12H2,1H3. The first-order valence-corrected chi connectivity index (χ1v) is 9.68. The zero-order valence-corrected chi connectivity index (χ0v) is 15.9. The molecule has 1 aromatic carbocycles. The van der Waals surface area contributed by atoms with Gasteiger partial charge < -0.3 is 14.5 Å². The second-order valence-corrected chi connectivity index (χ2v) is 7.21. The minimum absolute atomic E-state index is 0.0349. The molecule has 0 atom stereocenters. The molecular weight excluding hydrogens is 360 g/mol. The van der Waals surface area contributed by atoms with Gasteiger partial charge in [0.1, 0.15) is 11.4 Å². The quantitative estimate of drug-likeness (QED) is 0.696. The van der Waals surface area contributed by atoms with E-state index >= 15 is 0 Å². The average Bonchev–Trinajstić information content (AvgIpc) is 3.28. The van der Waals surface area contributed by atoms with Crippen LogP contribution in [0.4, 0.5) is 5.82 Å². The maximum absolute atomic E-state index is 12.7. The summed E-state index contributed by atoms with van der Waals surface area (Å²) >= 11 is 1.65. The van der Waals surface area contributed by atoms with Crippen LogP contribution >= 0.6 is 11.3 Å². The van der Waals surface area contributed by atoms with E-state index in [4.69, 9.17) is 4.74 Å². The smallest absolute Gasteiger partial charge is 0.254 e. The van der Waals surface area contributed by atoms with Crippen molar-refractivity contribution < 1.29 is 9.53 Å². The van der Waals surface area contributed by atoms with Gasteiger partial charge in [0.2, 0.25) is 0 Å². The number of thiophene rings is 1. The molecule has 1 fully saturated rings. The zero-order valence-electron chi connectivity index (χ0n) is 15.0. The summed E-state index contributed by atoms with van der Waals surface area (Å²) in [6.45, 7) is 2.79. The third-order valence-corrected chi connectivity index (χ3v) is 5.52. The van der Waals surface area contributed by atoms with Gasteiger partial charge in [-0.3, -0.25) is 4.79 Å². The molecule has 0 N–H and O–H groups in total. The molecular formula is C20H20N4O2S. The number of rotatable bonds is 4. The van der Waals surface area contributed by atoms with Crippen molar-refractivity contribution in [3.8, 4) is 16.3 Å². The number of benzene rings is 1. The molecule has 3 heterocycles. The molecule has 138 valence electrons. The van der Waals surface area contributed by atoms with E-state index in [1.807, 2.05) is 52.7 Å². The third kappa shape index (κ3) is 3.78. The highest BCUT2D eigenvalue weighted by Crippen LogP contribution is 2.23. The molecule has 27 heavy (non-hydrogen) atoms. The van der Waals surface area contributed by atoms with Crippen molar-refractivity contribution in [2.24, 2.45) is 0 Å². The first-order valence-electron chi connectivity index (χ1n) is 8.80. The van der Waals surface area contributed by atoms with Crippen LogP contribution in [-0.4, -0.2) is 54.3 Å². The Labute approximate surface area is 162 Å². The fourth-order valence-corrected chi connectivity index (χ4v) is 3.82. The highest BCUT2D eigenvalue weighted by atomic mass is 32.1. The largest absolute Gasteiger partial charge is 0.497 e. The molecule has 3 aromatic rings. The van der Waals surface area contributed by atoms with Crippen molar-refractivity contribution >= 4 is 23.1 Å². The number of amides is 1. The Kier molecular flexibility index (Phi) is 5.02. The molecule has 2 aromatic heterocycles. The predicted molar refractivity (Wildman–Crippen MR) is 106 cm³/mol. The summed E-state index contributed by atoms with van der Waals surface area (Å²) < 4.78 is 5.21. The lowest BCUT2D eigenvalue weighted by Gasteiger charge is -2.35. The van der Waals surface area contributed by atoms with Crippen LogP contribution in [0.2, 0.25) is 0 Å². The van der Waals surface area contributed by atoms with Gasteiger partial charge in [0.15, 0.2) is 5.82 Å². The lowest BCUT2D eigenvalue weighted by Crippen LogP contribution is -2.49. The highest BCUT2D eigenvalue weighted by molar-refractivity contribution is 7.13. The second-order valence-electron chi connectivity index (χ2n) is 6.27. The lowest BCUT2D eigenvalue weighted by molar-refractivity contribution is 0.0746. The topological polar surface area (TPSA) is 58.6 Å². The molecule has 0 spiro atoms. The number of aromatic nitrogens is 2. The van der Waals surface area contributed by atoms with Crippen molar-refractivity contribution in [1.82, 2.24) is 15.1 Å². The summed E-state index contributed by atoms with van der Waals surface area (Å²) in [5, 5.41) is 10.7. The van der Waals surface area contributed by atoms with Gasteiger partial charge in [0.05, 0.1) is 12.0 Å². The lowest BCUT2D eigenvalue weighted by atomic mass is 10.1. The SMILES string of the molecule is COc1cccc(C(=O)N2CCN(c3ccc(-c4cccs4)nn3)CC2)c1. The number of methoxy groups -OCH3 is 1. The van der Waals surface area contributed by atoms with Gasteiger partial charge >= 0.3 is 0 Å². The first-order chi connectivity index (χ1) is 13.2. The Morgan fingerprint density at radius 1 is 1.04 bits per heavy atom.